The number of rotatable bonds is 7. The lowest BCUT2D eigenvalue weighted by molar-refractivity contribution is -0.149. The molecular weight excluding hydrogens is 207 g/mol. The lowest BCUT2D eigenvalue weighted by atomic mass is 10.1. The summed E-state index contributed by atoms with van der Waals surface area (Å²) in [5.74, 6) is -1.03. The fourth-order valence-electron chi connectivity index (χ4n) is 1.02. The standard InChI is InChI=1S/C10H16ClFO2/c1-3-5-6-7-8(4-2)14-10(13)9(11)12/h4,8-9H,2-3,5-7H2,1H3. The maximum Gasteiger partial charge on any atom is 0.357 e. The van der Waals surface area contributed by atoms with Gasteiger partial charge in [-0.2, -0.15) is 0 Å². The van der Waals surface area contributed by atoms with Crippen molar-refractivity contribution in [2.24, 2.45) is 0 Å². The zero-order chi connectivity index (χ0) is 11.0. The largest absolute Gasteiger partial charge is 0.455 e. The van der Waals surface area contributed by atoms with Crippen LogP contribution in [0.4, 0.5) is 4.39 Å². The maximum absolute atomic E-state index is 12.2. The third-order valence-electron chi connectivity index (χ3n) is 1.80. The summed E-state index contributed by atoms with van der Waals surface area (Å²) in [6.45, 7) is 5.58. The summed E-state index contributed by atoms with van der Waals surface area (Å²) < 4.78 is 17.0. The average molecular weight is 223 g/mol. The van der Waals surface area contributed by atoms with Gasteiger partial charge in [-0.15, -0.1) is 0 Å². The van der Waals surface area contributed by atoms with Gasteiger partial charge in [0, 0.05) is 0 Å². The van der Waals surface area contributed by atoms with Crippen molar-refractivity contribution >= 4 is 17.6 Å². The second-order valence-electron chi connectivity index (χ2n) is 3.01. The number of unbranched alkanes of at least 4 members (excludes halogenated alkanes) is 2. The van der Waals surface area contributed by atoms with Crippen LogP contribution in [0.3, 0.4) is 0 Å². The lowest BCUT2D eigenvalue weighted by Crippen LogP contribution is -2.20. The van der Waals surface area contributed by atoms with Gasteiger partial charge in [0.25, 0.3) is 5.63 Å². The van der Waals surface area contributed by atoms with Crippen molar-refractivity contribution in [3.05, 3.63) is 12.7 Å². The molecule has 0 aliphatic carbocycles. The van der Waals surface area contributed by atoms with Gasteiger partial charge in [-0.1, -0.05) is 44.0 Å². The minimum atomic E-state index is -2.08. The second kappa shape index (κ2) is 7.80. The van der Waals surface area contributed by atoms with Crippen LogP contribution in [0.25, 0.3) is 0 Å². The molecule has 14 heavy (non-hydrogen) atoms. The molecule has 0 heterocycles. The zero-order valence-electron chi connectivity index (χ0n) is 8.34. The van der Waals surface area contributed by atoms with Crippen LogP contribution in [0.5, 0.6) is 0 Å². The number of halogens is 2. The molecule has 82 valence electrons. The van der Waals surface area contributed by atoms with Crippen LogP contribution in [0, 0.1) is 0 Å². The van der Waals surface area contributed by atoms with E-state index in [4.69, 9.17) is 16.3 Å². The number of alkyl halides is 2. The van der Waals surface area contributed by atoms with Crippen molar-refractivity contribution in [2.45, 2.75) is 44.3 Å². The van der Waals surface area contributed by atoms with E-state index in [-0.39, 0.29) is 0 Å². The van der Waals surface area contributed by atoms with E-state index in [0.29, 0.717) is 6.42 Å². The Kier molecular flexibility index (Phi) is 7.48. The number of ether oxygens (including phenoxy) is 1. The van der Waals surface area contributed by atoms with E-state index in [1.165, 1.54) is 6.08 Å². The van der Waals surface area contributed by atoms with Gasteiger partial charge in [0.2, 0.25) is 0 Å². The lowest BCUT2D eigenvalue weighted by Gasteiger charge is -2.13. The number of esters is 1. The molecule has 0 fully saturated rings. The van der Waals surface area contributed by atoms with Crippen molar-refractivity contribution in [2.75, 3.05) is 0 Å². The Labute approximate surface area is 89.1 Å². The van der Waals surface area contributed by atoms with Crippen LogP contribution in [-0.2, 0) is 9.53 Å². The Hall–Kier alpha value is -0.570. The SMILES string of the molecule is C=CC(CCCCC)OC(=O)C(F)Cl. The number of hydrogen-bond donors (Lipinski definition) is 0. The summed E-state index contributed by atoms with van der Waals surface area (Å²) in [5, 5.41) is 0. The Bertz CT molecular complexity index is 183. The molecule has 0 bridgehead atoms. The molecule has 2 atom stereocenters. The average Bonchev–Trinajstić information content (AvgIpc) is 2.16. The number of carbonyl (C=O) groups is 1. The summed E-state index contributed by atoms with van der Waals surface area (Å²) in [5.41, 5.74) is -2.08. The molecule has 0 aliphatic heterocycles. The highest BCUT2D eigenvalue weighted by Crippen LogP contribution is 2.10. The van der Waals surface area contributed by atoms with Crippen molar-refractivity contribution < 1.29 is 13.9 Å². The topological polar surface area (TPSA) is 26.3 Å². The van der Waals surface area contributed by atoms with Gasteiger partial charge in [0.1, 0.15) is 6.10 Å². The van der Waals surface area contributed by atoms with Crippen LogP contribution in [-0.4, -0.2) is 17.7 Å². The van der Waals surface area contributed by atoms with Crippen LogP contribution in [0.15, 0.2) is 12.7 Å². The Morgan fingerprint density at radius 1 is 1.64 bits per heavy atom. The van der Waals surface area contributed by atoms with E-state index in [2.05, 4.69) is 13.5 Å². The van der Waals surface area contributed by atoms with Gasteiger partial charge in [-0.3, -0.25) is 0 Å². The monoisotopic (exact) mass is 222 g/mol. The molecular formula is C10H16ClFO2. The van der Waals surface area contributed by atoms with Gasteiger partial charge in [-0.25, -0.2) is 9.18 Å². The van der Waals surface area contributed by atoms with Gasteiger partial charge < -0.3 is 4.74 Å². The van der Waals surface area contributed by atoms with E-state index in [0.717, 1.165) is 19.3 Å². The predicted octanol–water partition coefficient (Wildman–Crippen LogP) is 3.20. The molecule has 4 heteroatoms. The van der Waals surface area contributed by atoms with Crippen molar-refractivity contribution in [3.63, 3.8) is 0 Å². The Morgan fingerprint density at radius 3 is 2.71 bits per heavy atom. The third-order valence-corrected chi connectivity index (χ3v) is 1.98. The molecule has 0 aromatic rings. The van der Waals surface area contributed by atoms with Crippen molar-refractivity contribution in [1.82, 2.24) is 0 Å². The van der Waals surface area contributed by atoms with Gasteiger partial charge in [0.05, 0.1) is 0 Å². The third kappa shape index (κ3) is 5.97. The smallest absolute Gasteiger partial charge is 0.357 e. The molecule has 0 rings (SSSR count). The quantitative estimate of drug-likeness (QED) is 0.286. The Morgan fingerprint density at radius 2 is 2.29 bits per heavy atom. The fourth-order valence-corrected chi connectivity index (χ4v) is 1.07. The minimum Gasteiger partial charge on any atom is -0.455 e. The van der Waals surface area contributed by atoms with Crippen LogP contribution in [0.2, 0.25) is 0 Å². The second-order valence-corrected chi connectivity index (χ2v) is 3.39. The van der Waals surface area contributed by atoms with Gasteiger partial charge in [-0.05, 0) is 12.8 Å². The highest BCUT2D eigenvalue weighted by atomic mass is 35.5. The van der Waals surface area contributed by atoms with Crippen LogP contribution >= 0.6 is 11.6 Å². The van der Waals surface area contributed by atoms with E-state index < -0.39 is 17.7 Å². The van der Waals surface area contributed by atoms with Crippen LogP contribution in [0.1, 0.15) is 32.6 Å². The molecule has 0 amide bonds. The highest BCUT2D eigenvalue weighted by Gasteiger charge is 2.18. The number of hydrogen-bond acceptors (Lipinski definition) is 2. The summed E-state index contributed by atoms with van der Waals surface area (Å²) >= 11 is 4.92. The fraction of sp³-hybridized carbons (Fsp3) is 0.700. The van der Waals surface area contributed by atoms with Crippen LogP contribution < -0.4 is 0 Å². The van der Waals surface area contributed by atoms with Gasteiger partial charge in [0.15, 0.2) is 0 Å². The predicted molar refractivity (Wildman–Crippen MR) is 55.0 cm³/mol. The van der Waals surface area contributed by atoms with Crippen molar-refractivity contribution in [3.8, 4) is 0 Å². The summed E-state index contributed by atoms with van der Waals surface area (Å²) in [6.07, 6.45) is 4.81. The molecule has 2 nitrogen and oxygen atoms in total. The molecule has 0 N–H and O–H groups in total. The van der Waals surface area contributed by atoms with E-state index in [9.17, 15) is 9.18 Å². The molecule has 0 spiro atoms. The van der Waals surface area contributed by atoms with E-state index in [1.807, 2.05) is 0 Å². The molecule has 0 aromatic heterocycles. The molecule has 0 radical (unpaired) electrons. The first-order valence-electron chi connectivity index (χ1n) is 4.73. The van der Waals surface area contributed by atoms with Crippen molar-refractivity contribution in [1.29, 1.82) is 0 Å². The Balaban J connectivity index is 3.78. The first-order valence-corrected chi connectivity index (χ1v) is 5.16. The minimum absolute atomic E-state index is 0.425. The van der Waals surface area contributed by atoms with E-state index >= 15 is 0 Å². The molecule has 0 saturated heterocycles. The zero-order valence-corrected chi connectivity index (χ0v) is 9.10. The highest BCUT2D eigenvalue weighted by molar-refractivity contribution is 6.28. The molecule has 0 aliphatic rings. The first-order chi connectivity index (χ1) is 6.61. The summed E-state index contributed by atoms with van der Waals surface area (Å²) in [4.78, 5) is 10.8. The first kappa shape index (κ1) is 13.4. The summed E-state index contributed by atoms with van der Waals surface area (Å²) in [7, 11) is 0. The normalized spacial score (nSPS) is 14.5. The number of carbonyl (C=O) groups excluding carboxylic acids is 1. The molecule has 0 saturated carbocycles. The molecule has 0 aromatic carbocycles. The maximum atomic E-state index is 12.2. The van der Waals surface area contributed by atoms with E-state index in [1.54, 1.807) is 0 Å². The summed E-state index contributed by atoms with van der Waals surface area (Å²) in [6, 6.07) is 0. The van der Waals surface area contributed by atoms with Gasteiger partial charge >= 0.3 is 5.97 Å². The molecule has 2 unspecified atom stereocenters.